The van der Waals surface area contributed by atoms with Crippen LogP contribution in [0.25, 0.3) is 0 Å². The molecule has 0 saturated heterocycles. The van der Waals surface area contributed by atoms with Gasteiger partial charge in [0.05, 0.1) is 6.04 Å². The highest BCUT2D eigenvalue weighted by Crippen LogP contribution is 2.08. The van der Waals surface area contributed by atoms with Crippen molar-refractivity contribution in [1.82, 2.24) is 10.6 Å². The van der Waals surface area contributed by atoms with Gasteiger partial charge in [-0.15, -0.1) is 0 Å². The van der Waals surface area contributed by atoms with E-state index in [0.29, 0.717) is 0 Å². The Kier molecular flexibility index (Phi) is 7.08. The van der Waals surface area contributed by atoms with Crippen LogP contribution in [0.2, 0.25) is 0 Å². The van der Waals surface area contributed by atoms with E-state index in [1.165, 1.54) is 0 Å². The van der Waals surface area contributed by atoms with Gasteiger partial charge in [0.1, 0.15) is 5.78 Å². The van der Waals surface area contributed by atoms with Gasteiger partial charge in [-0.05, 0) is 67.9 Å². The molecule has 0 amide bonds. The lowest BCUT2D eigenvalue weighted by atomic mass is 10.0. The Balaban J connectivity index is 3.89. The fourth-order valence-corrected chi connectivity index (χ4v) is 1.84. The summed E-state index contributed by atoms with van der Waals surface area (Å²) in [6.07, 6.45) is 3.13. The first-order valence-corrected chi connectivity index (χ1v) is 7.04. The first-order chi connectivity index (χ1) is 8.01. The van der Waals surface area contributed by atoms with E-state index in [-0.39, 0.29) is 22.9 Å². The van der Waals surface area contributed by atoms with E-state index in [4.69, 9.17) is 0 Å². The molecule has 0 fully saturated rings. The first kappa shape index (κ1) is 17.6. The molecule has 1 unspecified atom stereocenters. The molecular formula is C15H32N2O. The number of hydrogen-bond acceptors (Lipinski definition) is 3. The highest BCUT2D eigenvalue weighted by molar-refractivity contribution is 5.81. The van der Waals surface area contributed by atoms with Gasteiger partial charge in [-0.2, -0.15) is 0 Å². The summed E-state index contributed by atoms with van der Waals surface area (Å²) in [5.74, 6) is 0.244. The Labute approximate surface area is 113 Å². The van der Waals surface area contributed by atoms with Gasteiger partial charge in [-0.1, -0.05) is 6.42 Å². The van der Waals surface area contributed by atoms with E-state index in [1.54, 1.807) is 6.92 Å². The average molecular weight is 256 g/mol. The molecule has 0 aliphatic carbocycles. The van der Waals surface area contributed by atoms with E-state index in [9.17, 15) is 4.79 Å². The van der Waals surface area contributed by atoms with Crippen molar-refractivity contribution in [3.05, 3.63) is 0 Å². The van der Waals surface area contributed by atoms with E-state index in [1.807, 2.05) is 0 Å². The van der Waals surface area contributed by atoms with Crippen molar-refractivity contribution < 1.29 is 4.79 Å². The number of carbonyl (C=O) groups is 1. The van der Waals surface area contributed by atoms with Crippen molar-refractivity contribution in [2.45, 2.75) is 84.8 Å². The van der Waals surface area contributed by atoms with Gasteiger partial charge < -0.3 is 10.6 Å². The minimum atomic E-state index is -0.000336. The zero-order chi connectivity index (χ0) is 14.4. The van der Waals surface area contributed by atoms with Crippen LogP contribution in [-0.4, -0.2) is 29.4 Å². The average Bonchev–Trinajstić information content (AvgIpc) is 2.11. The van der Waals surface area contributed by atoms with Gasteiger partial charge >= 0.3 is 0 Å². The fourth-order valence-electron chi connectivity index (χ4n) is 1.84. The molecule has 0 saturated carbocycles. The summed E-state index contributed by atoms with van der Waals surface area (Å²) >= 11 is 0. The largest absolute Gasteiger partial charge is 0.312 e. The first-order valence-electron chi connectivity index (χ1n) is 7.04. The number of Topliss-reactive ketones (excluding diaryl/α,β-unsaturated/α-hetero) is 1. The molecule has 18 heavy (non-hydrogen) atoms. The summed E-state index contributed by atoms with van der Waals surface area (Å²) in [4.78, 5) is 11.6. The Morgan fingerprint density at radius 1 is 1.00 bits per heavy atom. The van der Waals surface area contributed by atoms with Crippen LogP contribution in [0.1, 0.15) is 67.7 Å². The van der Waals surface area contributed by atoms with Crippen LogP contribution in [0.3, 0.4) is 0 Å². The molecular weight excluding hydrogens is 224 g/mol. The third kappa shape index (κ3) is 10.7. The second-order valence-corrected chi connectivity index (χ2v) is 7.23. The van der Waals surface area contributed by atoms with Gasteiger partial charge in [-0.25, -0.2) is 0 Å². The van der Waals surface area contributed by atoms with Crippen molar-refractivity contribution >= 4 is 5.78 Å². The van der Waals surface area contributed by atoms with Gasteiger partial charge in [0.15, 0.2) is 0 Å². The molecule has 108 valence electrons. The number of nitrogens with one attached hydrogen (secondary N) is 2. The lowest BCUT2D eigenvalue weighted by Crippen LogP contribution is -2.47. The zero-order valence-electron chi connectivity index (χ0n) is 13.3. The van der Waals surface area contributed by atoms with Gasteiger partial charge in [0.25, 0.3) is 0 Å². The van der Waals surface area contributed by atoms with Crippen LogP contribution in [0, 0.1) is 0 Å². The van der Waals surface area contributed by atoms with Crippen molar-refractivity contribution in [3.8, 4) is 0 Å². The molecule has 0 aromatic heterocycles. The predicted octanol–water partition coefficient (Wildman–Crippen LogP) is 2.89. The van der Waals surface area contributed by atoms with E-state index >= 15 is 0 Å². The lowest BCUT2D eigenvalue weighted by Gasteiger charge is -2.27. The molecule has 0 aromatic rings. The normalized spacial score (nSPS) is 14.6. The molecule has 0 radical (unpaired) electrons. The summed E-state index contributed by atoms with van der Waals surface area (Å²) in [6, 6.07) is -0.000336. The molecule has 0 bridgehead atoms. The number of ketones is 1. The monoisotopic (exact) mass is 256 g/mol. The summed E-state index contributed by atoms with van der Waals surface area (Å²) in [5, 5.41) is 6.86. The Hall–Kier alpha value is -0.410. The van der Waals surface area contributed by atoms with Crippen molar-refractivity contribution in [3.63, 3.8) is 0 Å². The van der Waals surface area contributed by atoms with E-state index < -0.39 is 0 Å². The Morgan fingerprint density at radius 2 is 1.56 bits per heavy atom. The lowest BCUT2D eigenvalue weighted by molar-refractivity contribution is -0.119. The smallest absolute Gasteiger partial charge is 0.146 e. The van der Waals surface area contributed by atoms with Gasteiger partial charge in [-0.3, -0.25) is 4.79 Å². The molecule has 0 heterocycles. The molecule has 3 nitrogen and oxygen atoms in total. The quantitative estimate of drug-likeness (QED) is 0.688. The third-order valence-corrected chi connectivity index (χ3v) is 2.67. The van der Waals surface area contributed by atoms with Crippen LogP contribution in [0.5, 0.6) is 0 Å². The maximum atomic E-state index is 11.6. The maximum absolute atomic E-state index is 11.6. The minimum absolute atomic E-state index is 0.00000366. The van der Waals surface area contributed by atoms with Crippen LogP contribution >= 0.6 is 0 Å². The second-order valence-electron chi connectivity index (χ2n) is 7.23. The van der Waals surface area contributed by atoms with Crippen molar-refractivity contribution in [1.29, 1.82) is 0 Å². The van der Waals surface area contributed by atoms with Crippen molar-refractivity contribution in [2.24, 2.45) is 0 Å². The van der Waals surface area contributed by atoms with Crippen LogP contribution in [0.15, 0.2) is 0 Å². The van der Waals surface area contributed by atoms with Crippen LogP contribution in [-0.2, 0) is 4.79 Å². The summed E-state index contributed by atoms with van der Waals surface area (Å²) < 4.78 is 0. The van der Waals surface area contributed by atoms with Gasteiger partial charge in [0.2, 0.25) is 0 Å². The van der Waals surface area contributed by atoms with E-state index in [2.05, 4.69) is 52.2 Å². The predicted molar refractivity (Wildman–Crippen MR) is 79.0 cm³/mol. The standard InChI is InChI=1S/C15H32N2O/c1-12(18)13(17-15(5,6)7)10-8-9-11-16-14(2,3)4/h13,16-17H,8-11H2,1-7H3. The zero-order valence-corrected chi connectivity index (χ0v) is 13.3. The topological polar surface area (TPSA) is 41.1 Å². The number of hydrogen-bond donors (Lipinski definition) is 2. The molecule has 0 aromatic carbocycles. The molecule has 3 heteroatoms. The van der Waals surface area contributed by atoms with E-state index in [0.717, 1.165) is 25.8 Å². The summed E-state index contributed by atoms with van der Waals surface area (Å²) in [6.45, 7) is 15.5. The second kappa shape index (κ2) is 7.25. The number of carbonyl (C=O) groups excluding carboxylic acids is 1. The SMILES string of the molecule is CC(=O)C(CCCCNC(C)(C)C)NC(C)(C)C. The molecule has 0 rings (SSSR count). The minimum Gasteiger partial charge on any atom is -0.312 e. The summed E-state index contributed by atoms with van der Waals surface area (Å²) in [7, 11) is 0. The van der Waals surface area contributed by atoms with Gasteiger partial charge in [0, 0.05) is 11.1 Å². The fraction of sp³-hybridized carbons (Fsp3) is 0.933. The molecule has 0 aliphatic heterocycles. The van der Waals surface area contributed by atoms with Crippen molar-refractivity contribution in [2.75, 3.05) is 6.54 Å². The molecule has 0 spiro atoms. The van der Waals surface area contributed by atoms with Crippen LogP contribution in [0.4, 0.5) is 0 Å². The molecule has 0 aliphatic rings. The highest BCUT2D eigenvalue weighted by atomic mass is 16.1. The Bertz CT molecular complexity index is 248. The molecule has 1 atom stereocenters. The molecule has 2 N–H and O–H groups in total. The number of unbranched alkanes of at least 4 members (excludes halogenated alkanes) is 1. The number of rotatable bonds is 7. The van der Waals surface area contributed by atoms with Crippen LogP contribution < -0.4 is 10.6 Å². The highest BCUT2D eigenvalue weighted by Gasteiger charge is 2.20. The Morgan fingerprint density at radius 3 is 1.94 bits per heavy atom. The third-order valence-electron chi connectivity index (χ3n) is 2.67. The summed E-state index contributed by atoms with van der Waals surface area (Å²) in [5.41, 5.74) is 0.184. The maximum Gasteiger partial charge on any atom is 0.146 e.